The molecule has 0 saturated carbocycles. The van der Waals surface area contributed by atoms with Crippen molar-refractivity contribution < 1.29 is 14.8 Å². The van der Waals surface area contributed by atoms with E-state index in [2.05, 4.69) is 5.32 Å². The summed E-state index contributed by atoms with van der Waals surface area (Å²) in [6, 6.07) is 4.20. The lowest BCUT2D eigenvalue weighted by Crippen LogP contribution is -2.35. The van der Waals surface area contributed by atoms with Crippen LogP contribution in [0.5, 0.6) is 0 Å². The number of rotatable bonds is 6. The Morgan fingerprint density at radius 1 is 1.50 bits per heavy atom. The molecule has 1 amide bonds. The largest absolute Gasteiger partial charge is 0.391 e. The maximum atomic E-state index is 11.9. The van der Waals surface area contributed by atoms with Crippen molar-refractivity contribution >= 4 is 11.6 Å². The van der Waals surface area contributed by atoms with Crippen molar-refractivity contribution in [2.24, 2.45) is 5.92 Å². The highest BCUT2D eigenvalue weighted by Gasteiger charge is 2.16. The van der Waals surface area contributed by atoms with E-state index in [-0.39, 0.29) is 24.1 Å². The number of carbonyl (C=O) groups is 1. The maximum absolute atomic E-state index is 11.9. The number of nitro benzene ring substituents is 1. The third kappa shape index (κ3) is 4.03. The van der Waals surface area contributed by atoms with Gasteiger partial charge in [-0.25, -0.2) is 0 Å². The molecule has 20 heavy (non-hydrogen) atoms. The molecule has 1 aromatic rings. The van der Waals surface area contributed by atoms with Crippen LogP contribution in [0.2, 0.25) is 0 Å². The summed E-state index contributed by atoms with van der Waals surface area (Å²) in [5.74, 6) is -0.237. The van der Waals surface area contributed by atoms with Crippen molar-refractivity contribution in [2.75, 3.05) is 6.54 Å². The van der Waals surface area contributed by atoms with Crippen LogP contribution in [-0.4, -0.2) is 28.6 Å². The number of amides is 1. The molecule has 2 atom stereocenters. The number of hydrogen-bond donors (Lipinski definition) is 2. The fourth-order valence-corrected chi connectivity index (χ4v) is 1.77. The smallest absolute Gasteiger partial charge is 0.272 e. The first kappa shape index (κ1) is 16.1. The third-order valence-electron chi connectivity index (χ3n) is 3.43. The first-order valence-electron chi connectivity index (χ1n) is 6.58. The van der Waals surface area contributed by atoms with Gasteiger partial charge in [-0.3, -0.25) is 14.9 Å². The minimum Gasteiger partial charge on any atom is -0.391 e. The predicted molar refractivity (Wildman–Crippen MR) is 75.6 cm³/mol. The molecule has 6 heteroatoms. The zero-order chi connectivity index (χ0) is 15.3. The van der Waals surface area contributed by atoms with Crippen LogP contribution in [-0.2, 0) is 0 Å². The normalized spacial score (nSPS) is 13.6. The summed E-state index contributed by atoms with van der Waals surface area (Å²) < 4.78 is 0. The van der Waals surface area contributed by atoms with Gasteiger partial charge in [0.1, 0.15) is 0 Å². The SMILES string of the molecule is CCC(C)C(O)CNC(=O)c1ccc([N+](=O)[O-])c(C)c1. The lowest BCUT2D eigenvalue weighted by molar-refractivity contribution is -0.385. The van der Waals surface area contributed by atoms with Crippen LogP contribution in [0, 0.1) is 23.0 Å². The highest BCUT2D eigenvalue weighted by atomic mass is 16.6. The first-order valence-corrected chi connectivity index (χ1v) is 6.58. The van der Waals surface area contributed by atoms with Crippen molar-refractivity contribution in [3.05, 3.63) is 39.4 Å². The number of nitrogens with zero attached hydrogens (tertiary/aromatic N) is 1. The zero-order valence-corrected chi connectivity index (χ0v) is 11.9. The summed E-state index contributed by atoms with van der Waals surface area (Å²) in [5, 5.41) is 23.1. The van der Waals surface area contributed by atoms with E-state index in [0.717, 1.165) is 6.42 Å². The molecule has 0 aliphatic heterocycles. The summed E-state index contributed by atoms with van der Waals surface area (Å²) in [7, 11) is 0. The Morgan fingerprint density at radius 3 is 2.65 bits per heavy atom. The Labute approximate surface area is 118 Å². The van der Waals surface area contributed by atoms with Gasteiger partial charge in [-0.05, 0) is 25.0 Å². The van der Waals surface area contributed by atoms with E-state index in [9.17, 15) is 20.0 Å². The number of aryl methyl sites for hydroxylation is 1. The van der Waals surface area contributed by atoms with Crippen LogP contribution in [0.4, 0.5) is 5.69 Å². The Morgan fingerprint density at radius 2 is 2.15 bits per heavy atom. The predicted octanol–water partition coefficient (Wildman–Crippen LogP) is 2.04. The molecule has 0 fully saturated rings. The molecule has 0 bridgehead atoms. The Balaban J connectivity index is 2.69. The summed E-state index contributed by atoms with van der Waals surface area (Å²) in [5.41, 5.74) is 0.774. The van der Waals surface area contributed by atoms with Gasteiger partial charge in [-0.2, -0.15) is 0 Å². The van der Waals surface area contributed by atoms with E-state index in [1.165, 1.54) is 18.2 Å². The molecule has 110 valence electrons. The number of nitro groups is 1. The number of carbonyl (C=O) groups excluding carboxylic acids is 1. The van der Waals surface area contributed by atoms with Crippen molar-refractivity contribution in [3.8, 4) is 0 Å². The first-order chi connectivity index (χ1) is 9.36. The van der Waals surface area contributed by atoms with Crippen molar-refractivity contribution in [3.63, 3.8) is 0 Å². The Hall–Kier alpha value is -1.95. The number of hydrogen-bond acceptors (Lipinski definition) is 4. The fourth-order valence-electron chi connectivity index (χ4n) is 1.77. The third-order valence-corrected chi connectivity index (χ3v) is 3.43. The van der Waals surface area contributed by atoms with Crippen LogP contribution in [0.15, 0.2) is 18.2 Å². The second-order valence-electron chi connectivity index (χ2n) is 4.92. The minimum atomic E-state index is -0.594. The Bertz CT molecular complexity index is 502. The van der Waals surface area contributed by atoms with Crippen LogP contribution in [0.1, 0.15) is 36.2 Å². The van der Waals surface area contributed by atoms with E-state index in [1.54, 1.807) is 6.92 Å². The number of nitrogens with one attached hydrogen (secondary N) is 1. The zero-order valence-electron chi connectivity index (χ0n) is 11.9. The topological polar surface area (TPSA) is 92.5 Å². The molecular formula is C14H20N2O4. The second kappa shape index (κ2) is 7.00. The average molecular weight is 280 g/mol. The average Bonchev–Trinajstić information content (AvgIpc) is 2.42. The van der Waals surface area contributed by atoms with Gasteiger partial charge in [0.05, 0.1) is 11.0 Å². The molecule has 2 N–H and O–H groups in total. The fraction of sp³-hybridized carbons (Fsp3) is 0.500. The van der Waals surface area contributed by atoms with E-state index >= 15 is 0 Å². The molecule has 1 aromatic carbocycles. The highest BCUT2D eigenvalue weighted by Crippen LogP contribution is 2.18. The van der Waals surface area contributed by atoms with Gasteiger partial charge in [0.15, 0.2) is 0 Å². The van der Waals surface area contributed by atoms with E-state index in [4.69, 9.17) is 0 Å². The van der Waals surface area contributed by atoms with Crippen molar-refractivity contribution in [2.45, 2.75) is 33.3 Å². The number of benzene rings is 1. The van der Waals surface area contributed by atoms with Gasteiger partial charge >= 0.3 is 0 Å². The molecule has 0 saturated heterocycles. The van der Waals surface area contributed by atoms with Gasteiger partial charge in [-0.15, -0.1) is 0 Å². The van der Waals surface area contributed by atoms with Crippen molar-refractivity contribution in [1.82, 2.24) is 5.32 Å². The van der Waals surface area contributed by atoms with Crippen molar-refractivity contribution in [1.29, 1.82) is 0 Å². The number of aliphatic hydroxyl groups is 1. The standard InChI is InChI=1S/C14H20N2O4/c1-4-9(2)13(17)8-15-14(18)11-5-6-12(16(19)20)10(3)7-11/h5-7,9,13,17H,4,8H2,1-3H3,(H,15,18). The molecule has 2 unspecified atom stereocenters. The molecule has 6 nitrogen and oxygen atoms in total. The van der Waals surface area contributed by atoms with Gasteiger partial charge < -0.3 is 10.4 Å². The molecular weight excluding hydrogens is 260 g/mol. The Kier molecular flexibility index (Phi) is 5.64. The molecule has 0 radical (unpaired) electrons. The van der Waals surface area contributed by atoms with Crippen LogP contribution in [0.3, 0.4) is 0 Å². The minimum absolute atomic E-state index is 0.0128. The lowest BCUT2D eigenvalue weighted by atomic mass is 10.0. The molecule has 1 rings (SSSR count). The summed E-state index contributed by atoms with van der Waals surface area (Å²) in [6.45, 7) is 5.63. The van der Waals surface area contributed by atoms with E-state index in [1.807, 2.05) is 13.8 Å². The van der Waals surface area contributed by atoms with Crippen LogP contribution < -0.4 is 5.32 Å². The van der Waals surface area contributed by atoms with Crippen LogP contribution in [0.25, 0.3) is 0 Å². The van der Waals surface area contributed by atoms with Gasteiger partial charge in [0.2, 0.25) is 0 Å². The van der Waals surface area contributed by atoms with Gasteiger partial charge in [0.25, 0.3) is 11.6 Å². The quantitative estimate of drug-likeness (QED) is 0.616. The molecule has 0 aliphatic rings. The number of aliphatic hydroxyl groups excluding tert-OH is 1. The second-order valence-corrected chi connectivity index (χ2v) is 4.92. The van der Waals surface area contributed by atoms with Gasteiger partial charge in [-0.1, -0.05) is 20.3 Å². The van der Waals surface area contributed by atoms with Gasteiger partial charge in [0, 0.05) is 23.7 Å². The summed E-state index contributed by atoms with van der Waals surface area (Å²) in [6.07, 6.45) is 0.233. The molecule has 0 spiro atoms. The lowest BCUT2D eigenvalue weighted by Gasteiger charge is -2.17. The monoisotopic (exact) mass is 280 g/mol. The summed E-state index contributed by atoms with van der Waals surface area (Å²) >= 11 is 0. The molecule has 0 aromatic heterocycles. The molecule has 0 heterocycles. The van der Waals surface area contributed by atoms with E-state index < -0.39 is 11.0 Å². The highest BCUT2D eigenvalue weighted by molar-refractivity contribution is 5.94. The van der Waals surface area contributed by atoms with E-state index in [0.29, 0.717) is 11.1 Å². The maximum Gasteiger partial charge on any atom is 0.272 e. The van der Waals surface area contributed by atoms with Crippen LogP contribution >= 0.6 is 0 Å². The summed E-state index contributed by atoms with van der Waals surface area (Å²) in [4.78, 5) is 22.1. The molecule has 0 aliphatic carbocycles.